The number of hydrogen-bond donors (Lipinski definition) is 2. The summed E-state index contributed by atoms with van der Waals surface area (Å²) in [4.78, 5) is 11.6. The third-order valence-electron chi connectivity index (χ3n) is 3.23. The van der Waals surface area contributed by atoms with Gasteiger partial charge in [0.25, 0.3) is 5.91 Å². The van der Waals surface area contributed by atoms with Crippen molar-refractivity contribution in [2.75, 3.05) is 7.05 Å². The second-order valence-electron chi connectivity index (χ2n) is 5.39. The monoisotopic (exact) mass is 286 g/mol. The zero-order valence-corrected chi connectivity index (χ0v) is 13.0. The maximum absolute atomic E-state index is 11.6. The van der Waals surface area contributed by atoms with E-state index in [2.05, 4.69) is 48.6 Å². The molecule has 0 spiro atoms. The fourth-order valence-electron chi connectivity index (χ4n) is 2.10. The van der Waals surface area contributed by atoms with Crippen LogP contribution in [0.4, 0.5) is 0 Å². The Kier molecular flexibility index (Phi) is 4.75. The van der Waals surface area contributed by atoms with Crippen LogP contribution in [-0.4, -0.2) is 28.8 Å². The Bertz CT molecular complexity index is 631. The molecule has 5 nitrogen and oxygen atoms in total. The number of aromatic nitrogens is 2. The third kappa shape index (κ3) is 3.70. The van der Waals surface area contributed by atoms with Crippen LogP contribution in [0.15, 0.2) is 30.5 Å². The van der Waals surface area contributed by atoms with Crippen LogP contribution in [0.3, 0.4) is 0 Å². The largest absolute Gasteiger partial charge is 0.354 e. The molecule has 0 radical (unpaired) electrons. The smallest absolute Gasteiger partial charge is 0.271 e. The lowest BCUT2D eigenvalue weighted by Gasteiger charge is -2.13. The molecule has 0 aliphatic carbocycles. The number of carbonyl (C=O) groups excluding carboxylic acids is 1. The Balaban J connectivity index is 2.34. The Hall–Kier alpha value is -2.14. The van der Waals surface area contributed by atoms with E-state index < -0.39 is 0 Å². The van der Waals surface area contributed by atoms with E-state index in [9.17, 15) is 4.79 Å². The van der Waals surface area contributed by atoms with Gasteiger partial charge in [-0.25, -0.2) is 4.68 Å². The molecule has 0 saturated heterocycles. The summed E-state index contributed by atoms with van der Waals surface area (Å²) in [5, 5.41) is 10.3. The molecule has 0 aliphatic heterocycles. The van der Waals surface area contributed by atoms with Gasteiger partial charge in [0.05, 0.1) is 5.69 Å². The Morgan fingerprint density at radius 3 is 2.76 bits per heavy atom. The van der Waals surface area contributed by atoms with Gasteiger partial charge in [-0.2, -0.15) is 5.10 Å². The molecular formula is C16H22N4O. The van der Waals surface area contributed by atoms with Crippen LogP contribution >= 0.6 is 0 Å². The summed E-state index contributed by atoms with van der Waals surface area (Å²) < 4.78 is 1.75. The van der Waals surface area contributed by atoms with Gasteiger partial charge in [-0.3, -0.25) is 4.79 Å². The molecule has 2 aromatic rings. The summed E-state index contributed by atoms with van der Waals surface area (Å²) in [6, 6.07) is 8.37. The van der Waals surface area contributed by atoms with Crippen LogP contribution in [0.25, 0.3) is 5.69 Å². The van der Waals surface area contributed by atoms with Crippen LogP contribution in [0.2, 0.25) is 0 Å². The summed E-state index contributed by atoms with van der Waals surface area (Å²) in [5.74, 6) is -0.178. The summed E-state index contributed by atoms with van der Waals surface area (Å²) >= 11 is 0. The molecule has 0 saturated carbocycles. The molecular weight excluding hydrogens is 264 g/mol. The minimum atomic E-state index is -0.178. The van der Waals surface area contributed by atoms with E-state index in [1.807, 2.05) is 12.3 Å². The molecule has 0 atom stereocenters. The zero-order valence-electron chi connectivity index (χ0n) is 13.0. The maximum atomic E-state index is 11.6. The fourth-order valence-corrected chi connectivity index (χ4v) is 2.10. The minimum Gasteiger partial charge on any atom is -0.354 e. The van der Waals surface area contributed by atoms with Gasteiger partial charge in [-0.1, -0.05) is 31.5 Å². The molecule has 2 rings (SSSR count). The van der Waals surface area contributed by atoms with Crippen LogP contribution in [0.1, 0.15) is 35.5 Å². The molecule has 2 N–H and O–H groups in total. The molecule has 0 unspecified atom stereocenters. The average molecular weight is 286 g/mol. The predicted molar refractivity (Wildman–Crippen MR) is 83.7 cm³/mol. The van der Waals surface area contributed by atoms with Gasteiger partial charge >= 0.3 is 0 Å². The minimum absolute atomic E-state index is 0.178. The van der Waals surface area contributed by atoms with Crippen molar-refractivity contribution in [3.8, 4) is 5.69 Å². The molecule has 0 bridgehead atoms. The molecule has 112 valence electrons. The van der Waals surface area contributed by atoms with Gasteiger partial charge in [0, 0.05) is 25.8 Å². The van der Waals surface area contributed by atoms with E-state index in [4.69, 9.17) is 0 Å². The first-order valence-corrected chi connectivity index (χ1v) is 7.12. The van der Waals surface area contributed by atoms with Crippen molar-refractivity contribution in [3.63, 3.8) is 0 Å². The second-order valence-corrected chi connectivity index (χ2v) is 5.39. The third-order valence-corrected chi connectivity index (χ3v) is 3.23. The van der Waals surface area contributed by atoms with Crippen molar-refractivity contribution < 1.29 is 4.79 Å². The normalized spacial score (nSPS) is 10.9. The van der Waals surface area contributed by atoms with Gasteiger partial charge in [-0.05, 0) is 24.6 Å². The van der Waals surface area contributed by atoms with Crippen molar-refractivity contribution >= 4 is 5.91 Å². The molecule has 0 aliphatic rings. The van der Waals surface area contributed by atoms with Crippen molar-refractivity contribution in [2.45, 2.75) is 33.4 Å². The Morgan fingerprint density at radius 2 is 2.10 bits per heavy atom. The number of aryl methyl sites for hydroxylation is 1. The first-order chi connectivity index (χ1) is 10.0. The molecule has 1 aromatic heterocycles. The molecule has 1 heterocycles. The van der Waals surface area contributed by atoms with E-state index in [0.29, 0.717) is 11.7 Å². The highest BCUT2D eigenvalue weighted by Gasteiger charge is 2.11. The molecule has 1 aromatic carbocycles. The highest BCUT2D eigenvalue weighted by atomic mass is 16.1. The summed E-state index contributed by atoms with van der Waals surface area (Å²) in [6.07, 6.45) is 1.81. The van der Waals surface area contributed by atoms with E-state index in [0.717, 1.165) is 17.8 Å². The first-order valence-electron chi connectivity index (χ1n) is 7.12. The van der Waals surface area contributed by atoms with Gasteiger partial charge in [0.15, 0.2) is 5.69 Å². The number of rotatable bonds is 5. The summed E-state index contributed by atoms with van der Waals surface area (Å²) in [7, 11) is 1.60. The van der Waals surface area contributed by atoms with Crippen LogP contribution in [-0.2, 0) is 6.54 Å². The maximum Gasteiger partial charge on any atom is 0.271 e. The van der Waals surface area contributed by atoms with Crippen molar-refractivity contribution in [3.05, 3.63) is 47.3 Å². The van der Waals surface area contributed by atoms with Gasteiger partial charge in [0.2, 0.25) is 0 Å². The second kappa shape index (κ2) is 6.54. The number of carbonyl (C=O) groups is 1. The lowest BCUT2D eigenvalue weighted by atomic mass is 10.1. The molecule has 21 heavy (non-hydrogen) atoms. The SMILES string of the molecule is CNC(=O)c1ccn(-c2ccc(C)cc2CNC(C)C)n1. The number of nitrogens with one attached hydrogen (secondary N) is 2. The fraction of sp³-hybridized carbons (Fsp3) is 0.375. The van der Waals surface area contributed by atoms with E-state index in [-0.39, 0.29) is 5.91 Å². The zero-order chi connectivity index (χ0) is 15.4. The van der Waals surface area contributed by atoms with Crippen LogP contribution in [0, 0.1) is 6.92 Å². The average Bonchev–Trinajstić information content (AvgIpc) is 2.94. The van der Waals surface area contributed by atoms with Gasteiger partial charge in [-0.15, -0.1) is 0 Å². The summed E-state index contributed by atoms with van der Waals surface area (Å²) in [6.45, 7) is 7.08. The quantitative estimate of drug-likeness (QED) is 0.884. The number of nitrogens with zero attached hydrogens (tertiary/aromatic N) is 2. The van der Waals surface area contributed by atoms with Crippen molar-refractivity contribution in [1.82, 2.24) is 20.4 Å². The number of benzene rings is 1. The molecule has 5 heteroatoms. The molecule has 1 amide bonds. The topological polar surface area (TPSA) is 59.0 Å². The van der Waals surface area contributed by atoms with E-state index in [1.54, 1.807) is 17.8 Å². The Labute approximate surface area is 125 Å². The first kappa shape index (κ1) is 15.3. The molecule has 0 fully saturated rings. The van der Waals surface area contributed by atoms with Gasteiger partial charge < -0.3 is 10.6 Å². The van der Waals surface area contributed by atoms with E-state index >= 15 is 0 Å². The standard InChI is InChI=1S/C16H22N4O/c1-11(2)18-10-13-9-12(3)5-6-15(13)20-8-7-14(19-20)16(21)17-4/h5-9,11,18H,10H2,1-4H3,(H,17,21). The van der Waals surface area contributed by atoms with Crippen molar-refractivity contribution in [1.29, 1.82) is 0 Å². The Morgan fingerprint density at radius 1 is 1.33 bits per heavy atom. The number of hydrogen-bond acceptors (Lipinski definition) is 3. The number of amides is 1. The lowest BCUT2D eigenvalue weighted by Crippen LogP contribution is -2.23. The highest BCUT2D eigenvalue weighted by molar-refractivity contribution is 5.91. The lowest BCUT2D eigenvalue weighted by molar-refractivity contribution is 0.0957. The van der Waals surface area contributed by atoms with Crippen LogP contribution < -0.4 is 10.6 Å². The highest BCUT2D eigenvalue weighted by Crippen LogP contribution is 2.16. The predicted octanol–water partition coefficient (Wildman–Crippen LogP) is 2.04. The summed E-state index contributed by atoms with van der Waals surface area (Å²) in [5.41, 5.74) is 3.78. The van der Waals surface area contributed by atoms with Crippen molar-refractivity contribution in [2.24, 2.45) is 0 Å². The van der Waals surface area contributed by atoms with E-state index in [1.165, 1.54) is 5.56 Å². The van der Waals surface area contributed by atoms with Gasteiger partial charge in [0.1, 0.15) is 0 Å². The van der Waals surface area contributed by atoms with Crippen LogP contribution in [0.5, 0.6) is 0 Å².